The highest BCUT2D eigenvalue weighted by Crippen LogP contribution is 2.35. The Morgan fingerprint density at radius 2 is 1.65 bits per heavy atom. The molecular weight excluding hydrogens is 1160 g/mol. The number of carbonyl (C=O) groups is 6. The number of morpholine rings is 1. The van der Waals surface area contributed by atoms with Crippen LogP contribution in [0.1, 0.15) is 98.4 Å². The maximum absolute atomic E-state index is 14.3. The van der Waals surface area contributed by atoms with E-state index in [0.717, 1.165) is 90.7 Å². The van der Waals surface area contributed by atoms with E-state index < -0.39 is 36.0 Å². The first-order valence-electron chi connectivity index (χ1n) is 28.3. The van der Waals surface area contributed by atoms with Gasteiger partial charge < -0.3 is 60.3 Å². The topological polar surface area (TPSA) is 298 Å². The zero-order chi connectivity index (χ0) is 61.9. The largest absolute Gasteiger partial charge is 0.515 e. The van der Waals surface area contributed by atoms with Gasteiger partial charge in [0.2, 0.25) is 11.8 Å². The Morgan fingerprint density at radius 1 is 0.895 bits per heavy atom. The number of primary amides is 1. The van der Waals surface area contributed by atoms with Crippen LogP contribution in [0.5, 0.6) is 5.88 Å². The molecule has 2 aliphatic heterocycles. The first-order chi connectivity index (χ1) is 41.3. The number of anilines is 2. The summed E-state index contributed by atoms with van der Waals surface area (Å²) in [4.78, 5) is 104. The molecule has 2 fully saturated rings. The van der Waals surface area contributed by atoms with Gasteiger partial charge in [0.15, 0.2) is 0 Å². The second kappa shape index (κ2) is 32.3. The third kappa shape index (κ3) is 19.2. The molecule has 8 rings (SSSR count). The molecule has 86 heavy (non-hydrogen) atoms. The monoisotopic (exact) mass is 1240 g/mol. The fourth-order valence-corrected chi connectivity index (χ4v) is 12.8. The molecule has 0 radical (unpaired) electrons. The standard InChI is InChI=1S/C45H59N5O11S2.C16H16N4O2S/c1-5-50(35-12-16-58-17-13-35)39-25-34(33-9-6-8-32(23-33)27-49-14-18-59-19-15-49)24-36(31(39)4)42(54)46-26-37-29(2)22-30(3)47-43(37)61-45(57)60-20-21-62-63-28-38(44(55)56)48-40(51)10-7-11-41(52)53;1-9-18-12-4-3-10(7-11(12)16(22)19-9)8-20(2)14-6-5-13(23-14)15(17)21/h6,8-9,22-25,35,38H,5,7,10-21,26-28H2,1-4H3,(H,46,54)(H,48,51)(H,52,53)(H,55,56);3-7H,8H2,1-2H3,(H2,17,21)(H,18,19,22). The van der Waals surface area contributed by atoms with Crippen molar-refractivity contribution in [2.75, 3.05) is 81.0 Å². The lowest BCUT2D eigenvalue weighted by atomic mass is 9.94. The van der Waals surface area contributed by atoms with Gasteiger partial charge in [0, 0.05) is 112 Å². The Labute approximate surface area is 511 Å². The summed E-state index contributed by atoms with van der Waals surface area (Å²) in [7, 11) is 4.35. The van der Waals surface area contributed by atoms with Crippen LogP contribution in [0.25, 0.3) is 22.0 Å². The number of aromatic amines is 1. The summed E-state index contributed by atoms with van der Waals surface area (Å²) in [5.74, 6) is -2.55. The smallest absolute Gasteiger partial charge is 0.481 e. The zero-order valence-corrected chi connectivity index (χ0v) is 51.7. The summed E-state index contributed by atoms with van der Waals surface area (Å²) in [5, 5.41) is 25.2. The van der Waals surface area contributed by atoms with Gasteiger partial charge in [0.25, 0.3) is 17.4 Å². The number of carbonyl (C=O) groups excluding carboxylic acids is 4. The Hall–Kier alpha value is -7.55. The average molecular weight is 1240 g/mol. The van der Waals surface area contributed by atoms with E-state index in [1.165, 1.54) is 38.5 Å². The van der Waals surface area contributed by atoms with E-state index in [2.05, 4.69) is 72.6 Å². The minimum atomic E-state index is -1.22. The van der Waals surface area contributed by atoms with Crippen molar-refractivity contribution in [3.8, 4) is 17.0 Å². The van der Waals surface area contributed by atoms with Crippen LogP contribution in [0.2, 0.25) is 0 Å². The molecule has 7 N–H and O–H groups in total. The second-order valence-corrected chi connectivity index (χ2v) is 24.5. The summed E-state index contributed by atoms with van der Waals surface area (Å²) in [6.45, 7) is 16.3. The van der Waals surface area contributed by atoms with Gasteiger partial charge >= 0.3 is 18.1 Å². The number of rotatable bonds is 26. The van der Waals surface area contributed by atoms with Crippen molar-refractivity contribution in [2.45, 2.75) is 98.4 Å². The molecule has 3 amide bonds. The van der Waals surface area contributed by atoms with Gasteiger partial charge in [-0.2, -0.15) is 0 Å². The molecule has 2 saturated heterocycles. The Bertz CT molecular complexity index is 3420. The Kier molecular flexibility index (Phi) is 24.8. The molecule has 3 aromatic carbocycles. The molecule has 25 heteroatoms. The fraction of sp³-hybridized carbons (Fsp3) is 0.426. The van der Waals surface area contributed by atoms with E-state index in [4.69, 9.17) is 29.8 Å². The van der Waals surface area contributed by atoms with Crippen molar-refractivity contribution in [3.05, 3.63) is 133 Å². The third-order valence-electron chi connectivity index (χ3n) is 14.4. The summed E-state index contributed by atoms with van der Waals surface area (Å²) < 4.78 is 22.1. The van der Waals surface area contributed by atoms with Gasteiger partial charge in [-0.1, -0.05) is 45.9 Å². The van der Waals surface area contributed by atoms with Crippen molar-refractivity contribution in [1.29, 1.82) is 0 Å². The highest BCUT2D eigenvalue weighted by molar-refractivity contribution is 8.76. The lowest BCUT2D eigenvalue weighted by Gasteiger charge is -2.37. The number of aryl methyl sites for hydroxylation is 3. The summed E-state index contributed by atoms with van der Waals surface area (Å²) in [6, 6.07) is 22.8. The minimum absolute atomic E-state index is 0.0168. The number of fused-ring (bicyclic) bond motifs is 1. The Morgan fingerprint density at radius 3 is 2.36 bits per heavy atom. The quantitative estimate of drug-likeness (QED) is 0.0169. The molecule has 460 valence electrons. The zero-order valence-electron chi connectivity index (χ0n) is 49.2. The third-order valence-corrected chi connectivity index (χ3v) is 18.0. The number of carboxylic acids is 2. The molecule has 1 atom stereocenters. The van der Waals surface area contributed by atoms with E-state index in [9.17, 15) is 38.7 Å². The number of ether oxygens (including phenoxy) is 4. The maximum atomic E-state index is 14.3. The normalized spacial score (nSPS) is 13.9. The summed E-state index contributed by atoms with van der Waals surface area (Å²) >= 11 is 1.35. The number of nitrogens with zero attached hydrogens (tertiary/aromatic N) is 5. The van der Waals surface area contributed by atoms with Gasteiger partial charge in [0.05, 0.1) is 34.0 Å². The molecule has 0 aliphatic carbocycles. The predicted octanol–water partition coefficient (Wildman–Crippen LogP) is 8.19. The maximum Gasteiger partial charge on any atom is 0.515 e. The number of hydrogen-bond acceptors (Lipinski definition) is 19. The lowest BCUT2D eigenvalue weighted by Crippen LogP contribution is -2.42. The van der Waals surface area contributed by atoms with Crippen LogP contribution in [-0.2, 0) is 48.2 Å². The van der Waals surface area contributed by atoms with Crippen molar-refractivity contribution in [2.24, 2.45) is 5.73 Å². The van der Waals surface area contributed by atoms with Gasteiger partial charge in [-0.25, -0.2) is 19.6 Å². The van der Waals surface area contributed by atoms with Crippen molar-refractivity contribution >= 4 is 90.3 Å². The number of benzene rings is 3. The number of pyridine rings is 1. The first kappa shape index (κ1) is 66.0. The summed E-state index contributed by atoms with van der Waals surface area (Å²) in [6.07, 6.45) is 0.624. The van der Waals surface area contributed by atoms with Crippen LogP contribution in [-0.4, -0.2) is 149 Å². The number of hydrogen-bond donors (Lipinski definition) is 6. The van der Waals surface area contributed by atoms with Crippen LogP contribution in [0.4, 0.5) is 15.5 Å². The van der Waals surface area contributed by atoms with Crippen molar-refractivity contribution in [3.63, 3.8) is 0 Å². The number of nitrogens with two attached hydrogens (primary N) is 1. The predicted molar refractivity (Wildman–Crippen MR) is 334 cm³/mol. The first-order valence-corrected chi connectivity index (χ1v) is 31.6. The molecule has 6 aromatic rings. The number of carboxylic acid groups (broad SMARTS) is 2. The van der Waals surface area contributed by atoms with Crippen LogP contribution >= 0.6 is 32.9 Å². The van der Waals surface area contributed by atoms with Crippen LogP contribution in [0.3, 0.4) is 0 Å². The molecule has 2 aliphatic rings. The summed E-state index contributed by atoms with van der Waals surface area (Å²) in [5.41, 5.74) is 14.2. The number of thiophene rings is 1. The molecule has 0 bridgehead atoms. The molecular formula is C61H75N9O13S3. The second-order valence-electron chi connectivity index (χ2n) is 20.8. The van der Waals surface area contributed by atoms with Gasteiger partial charge in [-0.3, -0.25) is 28.9 Å². The van der Waals surface area contributed by atoms with E-state index in [1.54, 1.807) is 19.9 Å². The SMILES string of the molecule is CCN(c1cc(-c2cccc(CN3CCOCC3)c2)cc(C(=O)NCc2c(C)cc(C)nc2OC(=O)OCCSSCC(NC(=O)CCCC(=O)O)C(=O)O)c1C)C1CCOCC1.Cc1nc2ccc(CN(C)c3ccc(C(N)=O)s3)cc2c(=O)[nH]1. The highest BCUT2D eigenvalue weighted by Gasteiger charge is 2.27. The fourth-order valence-electron chi connectivity index (χ4n) is 9.98. The van der Waals surface area contributed by atoms with Crippen LogP contribution in [0.15, 0.2) is 77.6 Å². The van der Waals surface area contributed by atoms with E-state index in [0.29, 0.717) is 63.9 Å². The number of aromatic nitrogens is 3. The number of nitrogens with one attached hydrogen (secondary N) is 3. The van der Waals surface area contributed by atoms with Crippen molar-refractivity contribution in [1.82, 2.24) is 30.5 Å². The molecule has 5 heterocycles. The number of amides is 3. The van der Waals surface area contributed by atoms with Crippen LogP contribution < -0.4 is 36.5 Å². The van der Waals surface area contributed by atoms with Crippen molar-refractivity contribution < 1.29 is 57.9 Å². The molecule has 0 spiro atoms. The molecule has 0 saturated carbocycles. The molecule has 22 nitrogen and oxygen atoms in total. The van der Waals surface area contributed by atoms with E-state index in [-0.39, 0.29) is 61.6 Å². The van der Waals surface area contributed by atoms with E-state index in [1.807, 2.05) is 62.2 Å². The molecule has 1 unspecified atom stereocenters. The van der Waals surface area contributed by atoms with E-state index >= 15 is 0 Å². The molecule has 3 aromatic heterocycles. The number of H-pyrrole nitrogens is 1. The average Bonchev–Trinajstić information content (AvgIpc) is 2.47. The van der Waals surface area contributed by atoms with Gasteiger partial charge in [-0.05, 0) is 136 Å². The minimum Gasteiger partial charge on any atom is -0.481 e. The lowest BCUT2D eigenvalue weighted by molar-refractivity contribution is -0.141. The number of aliphatic carboxylic acids is 2. The van der Waals surface area contributed by atoms with Gasteiger partial charge in [-0.15, -0.1) is 11.3 Å². The highest BCUT2D eigenvalue weighted by atomic mass is 33.1. The van der Waals surface area contributed by atoms with Crippen LogP contribution in [0, 0.1) is 27.7 Å². The van der Waals surface area contributed by atoms with Gasteiger partial charge in [0.1, 0.15) is 18.5 Å². The Balaban J connectivity index is 0.000000381.